The molecule has 2 rings (SSSR count). The average Bonchev–Trinajstić information content (AvgIpc) is 2.63. The van der Waals surface area contributed by atoms with Gasteiger partial charge in [0, 0.05) is 23.7 Å². The number of fused-ring (bicyclic) bond motifs is 1. The summed E-state index contributed by atoms with van der Waals surface area (Å²) in [5, 5.41) is 4.43. The molecule has 31 heavy (non-hydrogen) atoms. The van der Waals surface area contributed by atoms with E-state index < -0.39 is 15.6 Å². The molecule has 178 valence electrons. The van der Waals surface area contributed by atoms with Gasteiger partial charge in [0.2, 0.25) is 0 Å². The van der Waals surface area contributed by atoms with E-state index in [2.05, 4.69) is 17.2 Å². The van der Waals surface area contributed by atoms with Gasteiger partial charge in [-0.2, -0.15) is 0 Å². The van der Waals surface area contributed by atoms with Crippen molar-refractivity contribution < 1.29 is 48.0 Å². The highest BCUT2D eigenvalue weighted by atomic mass is 31.2. The van der Waals surface area contributed by atoms with Gasteiger partial charge in [0.05, 0.1) is 25.4 Å². The summed E-state index contributed by atoms with van der Waals surface area (Å²) in [6.45, 7) is 2.85. The Bertz CT molecular complexity index is 866. The second kappa shape index (κ2) is 13.6. The number of hydrogen-bond donors (Lipinski definition) is 8. The molecule has 1 unspecified atom stereocenters. The number of ether oxygens (including phenoxy) is 2. The van der Waals surface area contributed by atoms with Crippen LogP contribution in [-0.2, 0) is 9.13 Å². The third-order valence-corrected chi connectivity index (χ3v) is 3.47. The highest BCUT2D eigenvalue weighted by Gasteiger charge is 2.15. The second-order valence-electron chi connectivity index (χ2n) is 6.06. The van der Waals surface area contributed by atoms with Crippen molar-refractivity contribution in [3.05, 3.63) is 24.4 Å². The third kappa shape index (κ3) is 14.0. The zero-order chi connectivity index (χ0) is 24.2. The van der Waals surface area contributed by atoms with Gasteiger partial charge in [-0.15, -0.1) is 0 Å². The number of hydrogen-bond acceptors (Lipinski definition) is 7. The maximum absolute atomic E-state index is 8.88. The Balaban J connectivity index is 0.000000752. The van der Waals surface area contributed by atoms with Crippen LogP contribution < -0.4 is 20.5 Å². The quantitative estimate of drug-likeness (QED) is 0.256. The van der Waals surface area contributed by atoms with Crippen molar-refractivity contribution >= 4 is 32.2 Å². The Labute approximate surface area is 179 Å². The standard InChI is InChI=1S/C16H23N3O2.2H3O4P/c1-11(6-4-8-17)19-13-10-14(20-2)16(21-3)12-7-5-9-18-15(12)13;2*1-5(2,3)4/h5,7,9-11,19H,4,6,8,17H2,1-3H3;2*(H3,1,2,3,4). The molecule has 1 heterocycles. The molecule has 1 aromatic heterocycles. The van der Waals surface area contributed by atoms with Gasteiger partial charge < -0.3 is 49.9 Å². The Morgan fingerprint density at radius 2 is 1.65 bits per heavy atom. The van der Waals surface area contributed by atoms with Crippen LogP contribution in [0, 0.1) is 0 Å². The van der Waals surface area contributed by atoms with Crippen molar-refractivity contribution in [2.45, 2.75) is 25.8 Å². The molecule has 15 heteroatoms. The number of anilines is 1. The van der Waals surface area contributed by atoms with Crippen LogP contribution in [0.15, 0.2) is 24.4 Å². The number of aromatic nitrogens is 1. The lowest BCUT2D eigenvalue weighted by atomic mass is 10.1. The van der Waals surface area contributed by atoms with Crippen molar-refractivity contribution in [2.75, 3.05) is 26.1 Å². The number of benzene rings is 1. The summed E-state index contributed by atoms with van der Waals surface area (Å²) >= 11 is 0. The minimum absolute atomic E-state index is 0.317. The summed E-state index contributed by atoms with van der Waals surface area (Å²) in [7, 11) is -6.00. The molecule has 0 saturated heterocycles. The number of nitrogens with two attached hydrogens (primary N) is 1. The Kier molecular flexibility index (Phi) is 12.8. The monoisotopic (exact) mass is 485 g/mol. The second-order valence-corrected chi connectivity index (χ2v) is 8.12. The first kappa shape index (κ1) is 29.2. The summed E-state index contributed by atoms with van der Waals surface area (Å²) in [6, 6.07) is 6.13. The van der Waals surface area contributed by atoms with Gasteiger partial charge in [-0.05, 0) is 38.4 Å². The van der Waals surface area contributed by atoms with Crippen LogP contribution in [0.2, 0.25) is 0 Å². The minimum atomic E-state index is -4.64. The molecule has 1 atom stereocenters. The Morgan fingerprint density at radius 1 is 1.10 bits per heavy atom. The van der Waals surface area contributed by atoms with Gasteiger partial charge in [0.25, 0.3) is 0 Å². The van der Waals surface area contributed by atoms with E-state index in [-0.39, 0.29) is 0 Å². The summed E-state index contributed by atoms with van der Waals surface area (Å²) in [5.74, 6) is 1.41. The number of nitrogens with zero attached hydrogens (tertiary/aromatic N) is 1. The lowest BCUT2D eigenvalue weighted by Gasteiger charge is -2.19. The fourth-order valence-electron chi connectivity index (χ4n) is 2.43. The average molecular weight is 485 g/mol. The number of pyridine rings is 1. The van der Waals surface area contributed by atoms with E-state index in [1.54, 1.807) is 20.4 Å². The summed E-state index contributed by atoms with van der Waals surface area (Å²) in [5.41, 5.74) is 7.40. The SMILES string of the molecule is COc1cc(NC(C)CCCN)c2ncccc2c1OC.O=P(O)(O)O.O=P(O)(O)O. The molecule has 0 bridgehead atoms. The molecule has 0 radical (unpaired) electrons. The van der Waals surface area contributed by atoms with E-state index in [1.165, 1.54) is 0 Å². The molecule has 0 amide bonds. The van der Waals surface area contributed by atoms with Crippen LogP contribution in [0.1, 0.15) is 19.8 Å². The normalized spacial score (nSPS) is 12.1. The molecule has 0 aliphatic heterocycles. The van der Waals surface area contributed by atoms with E-state index in [0.717, 1.165) is 29.4 Å². The Hall–Kier alpha value is -1.79. The Morgan fingerprint density at radius 3 is 2.10 bits per heavy atom. The van der Waals surface area contributed by atoms with Crippen molar-refractivity contribution in [1.29, 1.82) is 0 Å². The fraction of sp³-hybridized carbons (Fsp3) is 0.438. The van der Waals surface area contributed by atoms with Gasteiger partial charge in [0.15, 0.2) is 11.5 Å². The smallest absolute Gasteiger partial charge is 0.466 e. The molecule has 13 nitrogen and oxygen atoms in total. The van der Waals surface area contributed by atoms with Crippen LogP contribution in [0.3, 0.4) is 0 Å². The molecule has 1 aromatic carbocycles. The predicted octanol–water partition coefficient (Wildman–Crippen LogP) is 0.934. The molecule has 0 fully saturated rings. The summed E-state index contributed by atoms with van der Waals surface area (Å²) in [6.07, 6.45) is 3.79. The summed E-state index contributed by atoms with van der Waals surface area (Å²) < 4.78 is 28.7. The highest BCUT2D eigenvalue weighted by molar-refractivity contribution is 7.45. The summed E-state index contributed by atoms with van der Waals surface area (Å²) in [4.78, 5) is 47.6. The van der Waals surface area contributed by atoms with Gasteiger partial charge in [-0.25, -0.2) is 9.13 Å². The number of nitrogens with one attached hydrogen (secondary N) is 1. The van der Waals surface area contributed by atoms with E-state index >= 15 is 0 Å². The fourth-order valence-corrected chi connectivity index (χ4v) is 2.43. The first-order valence-electron chi connectivity index (χ1n) is 8.74. The zero-order valence-corrected chi connectivity index (χ0v) is 19.0. The number of rotatable bonds is 7. The van der Waals surface area contributed by atoms with Crippen molar-refractivity contribution in [2.24, 2.45) is 5.73 Å². The molecule has 9 N–H and O–H groups in total. The molecule has 0 aliphatic rings. The van der Waals surface area contributed by atoms with Crippen LogP contribution in [0.5, 0.6) is 11.5 Å². The van der Waals surface area contributed by atoms with E-state index in [4.69, 9.17) is 53.7 Å². The molecule has 0 saturated carbocycles. The van der Waals surface area contributed by atoms with E-state index in [1.807, 2.05) is 18.2 Å². The topological polar surface area (TPSA) is 225 Å². The zero-order valence-electron chi connectivity index (χ0n) is 17.2. The lowest BCUT2D eigenvalue weighted by Crippen LogP contribution is -2.17. The first-order valence-corrected chi connectivity index (χ1v) is 11.9. The van der Waals surface area contributed by atoms with Crippen molar-refractivity contribution in [1.82, 2.24) is 4.98 Å². The minimum Gasteiger partial charge on any atom is -0.493 e. The van der Waals surface area contributed by atoms with E-state index in [9.17, 15) is 0 Å². The van der Waals surface area contributed by atoms with Gasteiger partial charge in [-0.1, -0.05) is 0 Å². The molecular formula is C16H29N3O10P2. The van der Waals surface area contributed by atoms with Crippen molar-refractivity contribution in [3.63, 3.8) is 0 Å². The van der Waals surface area contributed by atoms with Crippen LogP contribution >= 0.6 is 15.6 Å². The highest BCUT2D eigenvalue weighted by Crippen LogP contribution is 2.39. The predicted molar refractivity (Wildman–Crippen MR) is 115 cm³/mol. The van der Waals surface area contributed by atoms with Crippen LogP contribution in [-0.4, -0.2) is 61.2 Å². The van der Waals surface area contributed by atoms with Crippen LogP contribution in [0.25, 0.3) is 10.9 Å². The molecule has 2 aromatic rings. The number of methoxy groups -OCH3 is 2. The maximum Gasteiger partial charge on any atom is 0.466 e. The van der Waals surface area contributed by atoms with Crippen molar-refractivity contribution in [3.8, 4) is 11.5 Å². The van der Waals surface area contributed by atoms with Gasteiger partial charge in [-0.3, -0.25) is 4.98 Å². The largest absolute Gasteiger partial charge is 0.493 e. The molecule has 0 aliphatic carbocycles. The third-order valence-electron chi connectivity index (χ3n) is 3.47. The first-order chi connectivity index (χ1) is 14.2. The lowest BCUT2D eigenvalue weighted by molar-refractivity contribution is 0.272. The maximum atomic E-state index is 8.88. The van der Waals surface area contributed by atoms with E-state index in [0.29, 0.717) is 24.1 Å². The number of phosphoric acid groups is 2. The van der Waals surface area contributed by atoms with Crippen LogP contribution in [0.4, 0.5) is 5.69 Å². The van der Waals surface area contributed by atoms with Gasteiger partial charge in [0.1, 0.15) is 0 Å². The molecular weight excluding hydrogens is 456 g/mol. The molecule has 0 spiro atoms. The van der Waals surface area contributed by atoms with Gasteiger partial charge >= 0.3 is 15.6 Å².